The predicted octanol–water partition coefficient (Wildman–Crippen LogP) is 2.21. The van der Waals surface area contributed by atoms with Gasteiger partial charge in [-0.2, -0.15) is 0 Å². The van der Waals surface area contributed by atoms with Crippen LogP contribution in [0.5, 0.6) is 0 Å². The summed E-state index contributed by atoms with van der Waals surface area (Å²) in [5, 5.41) is 8.23. The van der Waals surface area contributed by atoms with E-state index in [2.05, 4.69) is 14.9 Å². The lowest BCUT2D eigenvalue weighted by molar-refractivity contribution is 0.0894. The first-order valence-electron chi connectivity index (χ1n) is 7.36. The molecular formula is C15H16F2N4OS. The fourth-order valence-corrected chi connectivity index (χ4v) is 3.18. The van der Waals surface area contributed by atoms with Gasteiger partial charge in [0.15, 0.2) is 5.69 Å². The van der Waals surface area contributed by atoms with Gasteiger partial charge in [0, 0.05) is 30.1 Å². The molecule has 0 bridgehead atoms. The Morgan fingerprint density at radius 3 is 2.87 bits per heavy atom. The average molecular weight is 338 g/mol. The number of piperidine rings is 1. The SMILES string of the molecule is O=C(NC1CCCN(Cc2c(F)cccc2F)C1)c1csnn1. The minimum Gasteiger partial charge on any atom is -0.347 e. The van der Waals surface area contributed by atoms with E-state index in [4.69, 9.17) is 0 Å². The van der Waals surface area contributed by atoms with Crippen LogP contribution < -0.4 is 5.32 Å². The molecule has 3 rings (SSSR count). The maximum atomic E-state index is 13.7. The van der Waals surface area contributed by atoms with Crippen LogP contribution in [-0.4, -0.2) is 39.5 Å². The monoisotopic (exact) mass is 338 g/mol. The van der Waals surface area contributed by atoms with Crippen LogP contribution in [-0.2, 0) is 6.54 Å². The summed E-state index contributed by atoms with van der Waals surface area (Å²) in [7, 11) is 0. The summed E-state index contributed by atoms with van der Waals surface area (Å²) < 4.78 is 31.2. The van der Waals surface area contributed by atoms with Crippen molar-refractivity contribution in [1.82, 2.24) is 19.8 Å². The molecule has 1 N–H and O–H groups in total. The van der Waals surface area contributed by atoms with Crippen molar-refractivity contribution in [1.29, 1.82) is 0 Å². The number of likely N-dealkylation sites (tertiary alicyclic amines) is 1. The standard InChI is InChI=1S/C15H16F2N4OS/c16-12-4-1-5-13(17)11(12)8-21-6-2-3-10(7-21)18-15(22)14-9-23-20-19-14/h1,4-5,9-10H,2-3,6-8H2,(H,18,22). The van der Waals surface area contributed by atoms with Crippen molar-refractivity contribution >= 4 is 17.4 Å². The van der Waals surface area contributed by atoms with E-state index in [1.165, 1.54) is 18.2 Å². The van der Waals surface area contributed by atoms with Crippen LogP contribution in [0.2, 0.25) is 0 Å². The van der Waals surface area contributed by atoms with Crippen molar-refractivity contribution in [3.8, 4) is 0 Å². The van der Waals surface area contributed by atoms with Crippen molar-refractivity contribution in [2.45, 2.75) is 25.4 Å². The Hall–Kier alpha value is -1.93. The third-order valence-electron chi connectivity index (χ3n) is 3.88. The Balaban J connectivity index is 1.61. The molecule has 0 spiro atoms. The van der Waals surface area contributed by atoms with Crippen LogP contribution in [0.4, 0.5) is 8.78 Å². The Labute approximate surface area is 136 Å². The number of carbonyl (C=O) groups is 1. The van der Waals surface area contributed by atoms with Gasteiger partial charge in [-0.25, -0.2) is 8.78 Å². The van der Waals surface area contributed by atoms with Gasteiger partial charge in [0.1, 0.15) is 11.6 Å². The van der Waals surface area contributed by atoms with Gasteiger partial charge in [0.2, 0.25) is 0 Å². The fraction of sp³-hybridized carbons (Fsp3) is 0.400. The average Bonchev–Trinajstić information content (AvgIpc) is 3.06. The molecule has 23 heavy (non-hydrogen) atoms. The van der Waals surface area contributed by atoms with Crippen molar-refractivity contribution in [2.75, 3.05) is 13.1 Å². The zero-order valence-corrected chi connectivity index (χ0v) is 13.2. The predicted molar refractivity (Wildman–Crippen MR) is 82.0 cm³/mol. The molecule has 1 saturated heterocycles. The number of rotatable bonds is 4. The van der Waals surface area contributed by atoms with Crippen LogP contribution in [0.25, 0.3) is 0 Å². The number of nitrogens with zero attached hydrogens (tertiary/aromatic N) is 3. The maximum absolute atomic E-state index is 13.7. The summed E-state index contributed by atoms with van der Waals surface area (Å²) in [4.78, 5) is 14.0. The summed E-state index contributed by atoms with van der Waals surface area (Å²) >= 11 is 1.12. The van der Waals surface area contributed by atoms with Crippen molar-refractivity contribution in [2.24, 2.45) is 0 Å². The van der Waals surface area contributed by atoms with Gasteiger partial charge in [-0.3, -0.25) is 9.69 Å². The lowest BCUT2D eigenvalue weighted by atomic mass is 10.0. The molecule has 1 aromatic heterocycles. The first kappa shape index (κ1) is 15.9. The molecule has 0 aliphatic carbocycles. The van der Waals surface area contributed by atoms with Crippen molar-refractivity contribution in [3.05, 3.63) is 46.5 Å². The molecule has 1 atom stereocenters. The zero-order valence-electron chi connectivity index (χ0n) is 12.3. The molecule has 0 radical (unpaired) electrons. The minimum atomic E-state index is -0.537. The van der Waals surface area contributed by atoms with E-state index in [-0.39, 0.29) is 24.1 Å². The van der Waals surface area contributed by atoms with Gasteiger partial charge in [0.05, 0.1) is 0 Å². The Morgan fingerprint density at radius 1 is 1.39 bits per heavy atom. The number of carbonyl (C=O) groups excluding carboxylic acids is 1. The molecule has 1 aromatic carbocycles. The summed E-state index contributed by atoms with van der Waals surface area (Å²) in [5.41, 5.74) is 0.371. The molecule has 1 unspecified atom stereocenters. The number of benzene rings is 1. The summed E-state index contributed by atoms with van der Waals surface area (Å²) in [6, 6.07) is 3.82. The van der Waals surface area contributed by atoms with E-state index in [0.29, 0.717) is 12.2 Å². The molecule has 1 amide bonds. The third-order valence-corrected chi connectivity index (χ3v) is 4.38. The van der Waals surface area contributed by atoms with E-state index >= 15 is 0 Å². The summed E-state index contributed by atoms with van der Waals surface area (Å²) in [6.45, 7) is 1.50. The third kappa shape index (κ3) is 3.89. The fourth-order valence-electron chi connectivity index (χ4n) is 2.75. The van der Waals surface area contributed by atoms with Gasteiger partial charge in [0.25, 0.3) is 5.91 Å². The second-order valence-electron chi connectivity index (χ2n) is 5.54. The molecule has 2 heterocycles. The van der Waals surface area contributed by atoms with Crippen molar-refractivity contribution < 1.29 is 13.6 Å². The summed E-state index contributed by atoms with van der Waals surface area (Å²) in [6.07, 6.45) is 1.69. The molecule has 122 valence electrons. The quantitative estimate of drug-likeness (QED) is 0.929. The smallest absolute Gasteiger partial charge is 0.272 e. The van der Waals surface area contributed by atoms with Crippen LogP contribution >= 0.6 is 11.5 Å². The normalized spacial score (nSPS) is 18.8. The molecule has 1 aliphatic heterocycles. The highest BCUT2D eigenvalue weighted by Crippen LogP contribution is 2.18. The first-order chi connectivity index (χ1) is 11.1. The second kappa shape index (κ2) is 7.10. The van der Waals surface area contributed by atoms with Crippen molar-refractivity contribution in [3.63, 3.8) is 0 Å². The second-order valence-corrected chi connectivity index (χ2v) is 6.15. The lowest BCUT2D eigenvalue weighted by Gasteiger charge is -2.33. The van der Waals surface area contributed by atoms with E-state index in [9.17, 15) is 13.6 Å². The topological polar surface area (TPSA) is 58.1 Å². The zero-order chi connectivity index (χ0) is 16.2. The molecule has 0 saturated carbocycles. The van der Waals surface area contributed by atoms with Crippen LogP contribution in [0, 0.1) is 11.6 Å². The van der Waals surface area contributed by atoms with Gasteiger partial charge < -0.3 is 5.32 Å². The van der Waals surface area contributed by atoms with Crippen LogP contribution in [0.3, 0.4) is 0 Å². The van der Waals surface area contributed by atoms with Crippen LogP contribution in [0.15, 0.2) is 23.6 Å². The molecular weight excluding hydrogens is 322 g/mol. The van der Waals surface area contributed by atoms with Crippen LogP contribution in [0.1, 0.15) is 28.9 Å². The van der Waals surface area contributed by atoms with E-state index in [1.54, 1.807) is 5.38 Å². The minimum absolute atomic E-state index is 0.0622. The van der Waals surface area contributed by atoms with Gasteiger partial charge in [-0.15, -0.1) is 5.10 Å². The Morgan fingerprint density at radius 2 is 2.17 bits per heavy atom. The number of halogens is 2. The van der Waals surface area contributed by atoms with Gasteiger partial charge in [-0.1, -0.05) is 10.6 Å². The van der Waals surface area contributed by atoms with Gasteiger partial charge in [-0.05, 0) is 43.1 Å². The first-order valence-corrected chi connectivity index (χ1v) is 8.20. The molecule has 1 aliphatic rings. The van der Waals surface area contributed by atoms with Gasteiger partial charge >= 0.3 is 0 Å². The number of hydrogen-bond donors (Lipinski definition) is 1. The Bertz CT molecular complexity index is 660. The van der Waals surface area contributed by atoms with E-state index in [0.717, 1.165) is 30.9 Å². The number of amides is 1. The molecule has 5 nitrogen and oxygen atoms in total. The lowest BCUT2D eigenvalue weighted by Crippen LogP contribution is -2.47. The highest BCUT2D eigenvalue weighted by molar-refractivity contribution is 7.03. The molecule has 2 aromatic rings. The van der Waals surface area contributed by atoms with E-state index in [1.807, 2.05) is 4.90 Å². The number of nitrogens with one attached hydrogen (secondary N) is 1. The Kier molecular flexibility index (Phi) is 4.92. The molecule has 1 fully saturated rings. The van der Waals surface area contributed by atoms with E-state index < -0.39 is 11.6 Å². The maximum Gasteiger partial charge on any atom is 0.272 e. The highest BCUT2D eigenvalue weighted by Gasteiger charge is 2.24. The largest absolute Gasteiger partial charge is 0.347 e. The number of aromatic nitrogens is 2. The summed E-state index contributed by atoms with van der Waals surface area (Å²) in [5.74, 6) is -1.34. The number of hydrogen-bond acceptors (Lipinski definition) is 5. The molecule has 8 heteroatoms. The highest BCUT2D eigenvalue weighted by atomic mass is 32.1.